The molecule has 0 aliphatic carbocycles. The normalized spacial score (nSPS) is 22.3. The fraction of sp³-hybridized carbons (Fsp3) is 0.208. The van der Waals surface area contributed by atoms with E-state index in [1.807, 2.05) is 49.4 Å². The number of hydrogen-bond donors (Lipinski definition) is 1. The van der Waals surface area contributed by atoms with E-state index in [0.29, 0.717) is 23.1 Å². The second kappa shape index (κ2) is 8.44. The average molecular weight is 465 g/mol. The van der Waals surface area contributed by atoms with E-state index in [1.165, 1.54) is 16.7 Å². The number of nitrogens with zero attached hydrogens (tertiary/aromatic N) is 1. The van der Waals surface area contributed by atoms with E-state index in [0.717, 1.165) is 21.8 Å². The number of allylic oxidation sites excluding steroid dienone is 1. The first-order chi connectivity index (χ1) is 15.6. The van der Waals surface area contributed by atoms with E-state index in [9.17, 15) is 14.4 Å². The number of nitrogens with one attached hydrogen (secondary N) is 1. The van der Waals surface area contributed by atoms with Gasteiger partial charge < -0.3 is 9.72 Å². The number of carbonyl (C=O) groups is 2. The van der Waals surface area contributed by atoms with Crippen molar-refractivity contribution in [1.82, 2.24) is 4.98 Å². The number of H-pyrrole nitrogens is 1. The Kier molecular flexibility index (Phi) is 5.48. The zero-order valence-electron chi connectivity index (χ0n) is 17.2. The Morgan fingerprint density at radius 2 is 1.78 bits per heavy atom. The van der Waals surface area contributed by atoms with Crippen molar-refractivity contribution < 1.29 is 14.3 Å². The summed E-state index contributed by atoms with van der Waals surface area (Å²) in [4.78, 5) is 43.7. The Bertz CT molecular complexity index is 1250. The molecule has 0 bridgehead atoms. The minimum absolute atomic E-state index is 0.177. The highest BCUT2D eigenvalue weighted by Gasteiger charge is 2.55. The highest BCUT2D eigenvalue weighted by atomic mass is 32.2. The van der Waals surface area contributed by atoms with E-state index < -0.39 is 11.2 Å². The van der Waals surface area contributed by atoms with Gasteiger partial charge >= 0.3 is 4.87 Å². The van der Waals surface area contributed by atoms with E-state index in [1.54, 1.807) is 24.3 Å². The Labute approximate surface area is 192 Å². The molecule has 1 N–H and O–H groups in total. The van der Waals surface area contributed by atoms with Crippen LogP contribution in [0.15, 0.2) is 70.5 Å². The first kappa shape index (κ1) is 20.8. The molecule has 5 rings (SSSR count). The predicted octanol–water partition coefficient (Wildman–Crippen LogP) is 4.30. The van der Waals surface area contributed by atoms with E-state index in [2.05, 4.69) is 4.98 Å². The van der Waals surface area contributed by atoms with Crippen LogP contribution in [-0.4, -0.2) is 28.7 Å². The Hall–Kier alpha value is -3.10. The van der Waals surface area contributed by atoms with Crippen LogP contribution < -0.4 is 14.5 Å². The van der Waals surface area contributed by atoms with Crippen molar-refractivity contribution >= 4 is 46.7 Å². The molecule has 6 nitrogen and oxygen atoms in total. The first-order valence-electron chi connectivity index (χ1n) is 10.3. The molecule has 8 heteroatoms. The van der Waals surface area contributed by atoms with Crippen LogP contribution >= 0.6 is 23.1 Å². The molecular formula is C24H20N2O4S2. The summed E-state index contributed by atoms with van der Waals surface area (Å²) in [6.45, 7) is 2.44. The lowest BCUT2D eigenvalue weighted by Crippen LogP contribution is -2.31. The number of aromatic amines is 1. The van der Waals surface area contributed by atoms with Crippen LogP contribution in [-0.2, 0) is 9.59 Å². The van der Waals surface area contributed by atoms with Crippen LogP contribution in [0.5, 0.6) is 5.75 Å². The second-order valence-corrected chi connectivity index (χ2v) is 9.67. The summed E-state index contributed by atoms with van der Waals surface area (Å²) in [5.41, 5.74) is 1.52. The minimum Gasteiger partial charge on any atom is -0.494 e. The molecule has 0 saturated carbocycles. The summed E-state index contributed by atoms with van der Waals surface area (Å²) >= 11 is 2.39. The summed E-state index contributed by atoms with van der Waals surface area (Å²) in [6.07, 6.45) is 3.89. The maximum absolute atomic E-state index is 13.5. The van der Waals surface area contributed by atoms with Gasteiger partial charge in [-0.05, 0) is 36.8 Å². The molecule has 1 saturated heterocycles. The molecule has 3 heterocycles. The van der Waals surface area contributed by atoms with Crippen LogP contribution in [0.25, 0.3) is 6.08 Å². The SMILES string of the molecule is CCOc1ccc(N2C(=O)[C@@H]3[C@H](Sc4[nH]c(=O)sc4[C@@H]3/C=C/c3ccccc3)C2=O)cc1. The molecule has 3 atom stereocenters. The van der Waals surface area contributed by atoms with Gasteiger partial charge in [0.2, 0.25) is 11.8 Å². The number of thioether (sulfide) groups is 1. The van der Waals surface area contributed by atoms with Crippen LogP contribution in [0.2, 0.25) is 0 Å². The van der Waals surface area contributed by atoms with Crippen LogP contribution in [0.1, 0.15) is 23.3 Å². The maximum atomic E-state index is 13.5. The van der Waals surface area contributed by atoms with Gasteiger partial charge in [0, 0.05) is 10.8 Å². The monoisotopic (exact) mass is 464 g/mol. The van der Waals surface area contributed by atoms with Crippen molar-refractivity contribution in [3.63, 3.8) is 0 Å². The lowest BCUT2D eigenvalue weighted by atomic mass is 9.88. The van der Waals surface area contributed by atoms with Crippen molar-refractivity contribution in [2.45, 2.75) is 23.1 Å². The predicted molar refractivity (Wildman–Crippen MR) is 126 cm³/mol. The Morgan fingerprint density at radius 3 is 2.50 bits per heavy atom. The Balaban J connectivity index is 1.52. The number of rotatable bonds is 5. The van der Waals surface area contributed by atoms with Crippen LogP contribution in [0.3, 0.4) is 0 Å². The van der Waals surface area contributed by atoms with Gasteiger partial charge in [-0.25, -0.2) is 4.90 Å². The smallest absolute Gasteiger partial charge is 0.305 e. The van der Waals surface area contributed by atoms with E-state index in [4.69, 9.17) is 4.74 Å². The number of anilines is 1. The molecular weight excluding hydrogens is 444 g/mol. The van der Waals surface area contributed by atoms with Crippen molar-refractivity contribution in [2.75, 3.05) is 11.5 Å². The molecule has 2 aromatic carbocycles. The molecule has 162 valence electrons. The summed E-state index contributed by atoms with van der Waals surface area (Å²) in [5, 5.41) is 0.0934. The minimum atomic E-state index is -0.586. The summed E-state index contributed by atoms with van der Waals surface area (Å²) < 4.78 is 5.47. The zero-order valence-corrected chi connectivity index (χ0v) is 18.8. The molecule has 2 aliphatic rings. The fourth-order valence-corrected chi connectivity index (χ4v) is 6.64. The van der Waals surface area contributed by atoms with Gasteiger partial charge in [0.15, 0.2) is 0 Å². The second-order valence-electron chi connectivity index (χ2n) is 7.51. The van der Waals surface area contributed by atoms with Gasteiger partial charge in [0.25, 0.3) is 0 Å². The highest BCUT2D eigenvalue weighted by Crippen LogP contribution is 2.51. The number of fused-ring (bicyclic) bond motifs is 2. The fourth-order valence-electron chi connectivity index (χ4n) is 4.16. The lowest BCUT2D eigenvalue weighted by Gasteiger charge is -2.27. The molecule has 32 heavy (non-hydrogen) atoms. The van der Waals surface area contributed by atoms with Gasteiger partial charge in [-0.15, -0.1) is 0 Å². The Morgan fingerprint density at radius 1 is 1.03 bits per heavy atom. The number of aromatic nitrogens is 1. The van der Waals surface area contributed by atoms with Crippen molar-refractivity contribution in [1.29, 1.82) is 0 Å². The number of ether oxygens (including phenoxy) is 1. The van der Waals surface area contributed by atoms with Gasteiger partial charge in [-0.3, -0.25) is 14.4 Å². The van der Waals surface area contributed by atoms with Crippen molar-refractivity contribution in [3.05, 3.63) is 80.8 Å². The van der Waals surface area contributed by atoms with Gasteiger partial charge in [0.1, 0.15) is 11.0 Å². The average Bonchev–Trinajstić information content (AvgIpc) is 3.29. The van der Waals surface area contributed by atoms with Gasteiger partial charge in [-0.1, -0.05) is 65.6 Å². The molecule has 1 aromatic heterocycles. The van der Waals surface area contributed by atoms with Gasteiger partial charge in [-0.2, -0.15) is 0 Å². The largest absolute Gasteiger partial charge is 0.494 e. The third-order valence-corrected chi connectivity index (χ3v) is 7.99. The van der Waals surface area contributed by atoms with E-state index >= 15 is 0 Å². The quantitative estimate of drug-likeness (QED) is 0.570. The summed E-state index contributed by atoms with van der Waals surface area (Å²) in [7, 11) is 0. The van der Waals surface area contributed by atoms with Crippen LogP contribution in [0, 0.1) is 5.92 Å². The molecule has 1 fully saturated rings. The number of hydrogen-bond acceptors (Lipinski definition) is 6. The number of amides is 2. The third kappa shape index (κ3) is 3.59. The van der Waals surface area contributed by atoms with Gasteiger partial charge in [0.05, 0.1) is 23.2 Å². The van der Waals surface area contributed by atoms with Crippen LogP contribution in [0.4, 0.5) is 5.69 Å². The standard InChI is InChI=1S/C24H20N2O4S2/c1-2-30-16-11-9-15(10-12-16)26-22(27)18-17(13-8-14-6-4-3-5-7-14)19-21(25-24(29)32-19)31-20(18)23(26)28/h3-13,17-18,20H,2H2,1H3,(H,25,29)/b13-8+/t17-,18+,20+/m1/s1. The highest BCUT2D eigenvalue weighted by molar-refractivity contribution is 8.00. The first-order valence-corrected chi connectivity index (χ1v) is 12.0. The molecule has 3 aromatic rings. The summed E-state index contributed by atoms with van der Waals surface area (Å²) in [6, 6.07) is 16.7. The van der Waals surface area contributed by atoms with Crippen molar-refractivity contribution in [2.24, 2.45) is 5.92 Å². The zero-order chi connectivity index (χ0) is 22.2. The maximum Gasteiger partial charge on any atom is 0.305 e. The molecule has 0 unspecified atom stereocenters. The molecule has 0 spiro atoms. The molecule has 2 aliphatic heterocycles. The number of imide groups is 1. The van der Waals surface area contributed by atoms with E-state index in [-0.39, 0.29) is 22.6 Å². The molecule has 2 amide bonds. The number of carbonyl (C=O) groups excluding carboxylic acids is 2. The number of benzene rings is 2. The topological polar surface area (TPSA) is 79.5 Å². The summed E-state index contributed by atoms with van der Waals surface area (Å²) in [5.74, 6) is -0.746. The molecule has 0 radical (unpaired) electrons. The third-order valence-electron chi connectivity index (χ3n) is 5.57. The van der Waals surface area contributed by atoms with Crippen molar-refractivity contribution in [3.8, 4) is 5.75 Å². The number of thiazole rings is 1. The lowest BCUT2D eigenvalue weighted by molar-refractivity contribution is -0.122.